The van der Waals surface area contributed by atoms with Crippen LogP contribution in [0, 0.1) is 13.8 Å². The largest absolute Gasteiger partial charge is 0.481 e. The van der Waals surface area contributed by atoms with E-state index in [0.717, 1.165) is 0 Å². The summed E-state index contributed by atoms with van der Waals surface area (Å²) in [4.78, 5) is 23.1. The van der Waals surface area contributed by atoms with Crippen LogP contribution in [0.5, 0.6) is 0 Å². The van der Waals surface area contributed by atoms with Gasteiger partial charge in [-0.05, 0) is 13.8 Å². The molecule has 0 spiro atoms. The number of carbonyl (C=O) groups is 2. The van der Waals surface area contributed by atoms with Crippen LogP contribution in [0.4, 0.5) is 5.69 Å². The minimum Gasteiger partial charge on any atom is -0.481 e. The van der Waals surface area contributed by atoms with E-state index in [9.17, 15) is 9.59 Å². The molecule has 2 aromatic rings. The van der Waals surface area contributed by atoms with Crippen molar-refractivity contribution in [2.45, 2.75) is 53.0 Å². The molecule has 0 bridgehead atoms. The maximum atomic E-state index is 12.4. The lowest BCUT2D eigenvalue weighted by Gasteiger charge is -2.12. The Morgan fingerprint density at radius 2 is 2.00 bits per heavy atom. The highest BCUT2D eigenvalue weighted by atomic mass is 16.5. The summed E-state index contributed by atoms with van der Waals surface area (Å²) in [6, 6.07) is 1.62. The van der Waals surface area contributed by atoms with E-state index in [4.69, 9.17) is 9.63 Å². The summed E-state index contributed by atoms with van der Waals surface area (Å²) < 4.78 is 6.79. The average molecular weight is 334 g/mol. The number of rotatable bonds is 5. The van der Waals surface area contributed by atoms with Crippen molar-refractivity contribution in [2.24, 2.45) is 0 Å². The molecule has 2 heterocycles. The number of nitrogens with zero attached hydrogens (tertiary/aromatic N) is 3. The summed E-state index contributed by atoms with van der Waals surface area (Å²) in [5.74, 6) is -0.665. The molecule has 1 amide bonds. The Morgan fingerprint density at radius 1 is 1.33 bits per heavy atom. The summed E-state index contributed by atoms with van der Waals surface area (Å²) >= 11 is 0. The van der Waals surface area contributed by atoms with Crippen molar-refractivity contribution in [3.8, 4) is 0 Å². The lowest BCUT2D eigenvalue weighted by atomic mass is 9.93. The van der Waals surface area contributed by atoms with Gasteiger partial charge in [0.25, 0.3) is 5.91 Å². The van der Waals surface area contributed by atoms with Gasteiger partial charge in [-0.1, -0.05) is 25.9 Å². The zero-order valence-corrected chi connectivity index (χ0v) is 14.5. The average Bonchev–Trinajstić information content (AvgIpc) is 3.05. The molecule has 0 aliphatic carbocycles. The molecule has 0 radical (unpaired) electrons. The van der Waals surface area contributed by atoms with Crippen molar-refractivity contribution in [3.05, 3.63) is 28.9 Å². The Bertz CT molecular complexity index is 768. The molecule has 0 unspecified atom stereocenters. The van der Waals surface area contributed by atoms with Crippen molar-refractivity contribution in [3.63, 3.8) is 0 Å². The monoisotopic (exact) mass is 334 g/mol. The predicted octanol–water partition coefficient (Wildman–Crippen LogP) is 2.51. The highest BCUT2D eigenvalue weighted by Crippen LogP contribution is 2.24. The third kappa shape index (κ3) is 3.81. The second-order valence-electron chi connectivity index (χ2n) is 6.69. The first-order valence-electron chi connectivity index (χ1n) is 7.64. The first-order valence-corrected chi connectivity index (χ1v) is 7.64. The van der Waals surface area contributed by atoms with E-state index in [1.807, 2.05) is 20.8 Å². The van der Waals surface area contributed by atoms with E-state index >= 15 is 0 Å². The smallest absolute Gasteiger partial charge is 0.305 e. The van der Waals surface area contributed by atoms with Gasteiger partial charge in [-0.2, -0.15) is 5.10 Å². The SMILES string of the molecule is Cc1nn(CCC(=O)O)c(C)c1NC(=O)c1cc(C(C)(C)C)on1. The van der Waals surface area contributed by atoms with Crippen LogP contribution in [0.2, 0.25) is 0 Å². The first-order chi connectivity index (χ1) is 11.1. The number of aliphatic carboxylic acids is 1. The fourth-order valence-corrected chi connectivity index (χ4v) is 2.21. The van der Waals surface area contributed by atoms with Crippen LogP contribution < -0.4 is 5.32 Å². The molecule has 24 heavy (non-hydrogen) atoms. The highest BCUT2D eigenvalue weighted by molar-refractivity contribution is 6.03. The maximum absolute atomic E-state index is 12.4. The van der Waals surface area contributed by atoms with E-state index in [-0.39, 0.29) is 24.1 Å². The molecule has 0 atom stereocenters. The van der Waals surface area contributed by atoms with Gasteiger partial charge in [-0.15, -0.1) is 0 Å². The predicted molar refractivity (Wildman–Crippen MR) is 87.1 cm³/mol. The molecular weight excluding hydrogens is 312 g/mol. The van der Waals surface area contributed by atoms with Crippen molar-refractivity contribution in [1.29, 1.82) is 0 Å². The van der Waals surface area contributed by atoms with Gasteiger partial charge in [0, 0.05) is 11.5 Å². The Balaban J connectivity index is 2.17. The van der Waals surface area contributed by atoms with Crippen molar-refractivity contribution in [1.82, 2.24) is 14.9 Å². The number of aryl methyl sites for hydroxylation is 2. The summed E-state index contributed by atoms with van der Waals surface area (Å²) in [5.41, 5.74) is 1.83. The number of amides is 1. The molecule has 0 aliphatic rings. The van der Waals surface area contributed by atoms with Crippen LogP contribution in [0.15, 0.2) is 10.6 Å². The molecule has 130 valence electrons. The molecule has 8 heteroatoms. The number of anilines is 1. The number of nitrogens with one attached hydrogen (secondary N) is 1. The summed E-state index contributed by atoms with van der Waals surface area (Å²) in [6.07, 6.45) is -0.0342. The maximum Gasteiger partial charge on any atom is 0.305 e. The lowest BCUT2D eigenvalue weighted by Crippen LogP contribution is -2.14. The normalized spacial score (nSPS) is 11.5. The first kappa shape index (κ1) is 17.7. The molecule has 0 aliphatic heterocycles. The molecule has 2 aromatic heterocycles. The van der Waals surface area contributed by atoms with Crippen LogP contribution >= 0.6 is 0 Å². The lowest BCUT2D eigenvalue weighted by molar-refractivity contribution is -0.137. The quantitative estimate of drug-likeness (QED) is 0.869. The fourth-order valence-electron chi connectivity index (χ4n) is 2.21. The third-order valence-corrected chi connectivity index (χ3v) is 3.64. The molecule has 2 N–H and O–H groups in total. The van der Waals surface area contributed by atoms with Crippen molar-refractivity contribution < 1.29 is 19.2 Å². The van der Waals surface area contributed by atoms with Crippen LogP contribution in [0.25, 0.3) is 0 Å². The number of hydrogen-bond acceptors (Lipinski definition) is 5. The summed E-state index contributed by atoms with van der Waals surface area (Å²) in [5, 5.41) is 19.6. The van der Waals surface area contributed by atoms with Crippen molar-refractivity contribution >= 4 is 17.6 Å². The van der Waals surface area contributed by atoms with E-state index in [2.05, 4.69) is 15.6 Å². The minimum atomic E-state index is -0.898. The van der Waals surface area contributed by atoms with Gasteiger partial charge in [0.1, 0.15) is 5.76 Å². The molecule has 0 aromatic carbocycles. The number of carboxylic acid groups (broad SMARTS) is 1. The van der Waals surface area contributed by atoms with E-state index in [0.29, 0.717) is 22.8 Å². The second-order valence-corrected chi connectivity index (χ2v) is 6.69. The van der Waals surface area contributed by atoms with Gasteiger partial charge >= 0.3 is 5.97 Å². The molecule has 0 saturated heterocycles. The van der Waals surface area contributed by atoms with Gasteiger partial charge < -0.3 is 14.9 Å². The molecular formula is C16H22N4O4. The van der Waals surface area contributed by atoms with Gasteiger partial charge in [0.15, 0.2) is 5.69 Å². The number of hydrogen-bond donors (Lipinski definition) is 2. The van der Waals surface area contributed by atoms with Crippen LogP contribution in [0.3, 0.4) is 0 Å². The standard InChI is InChI=1S/C16H22N4O4/c1-9-14(10(2)20(18-9)7-6-13(21)22)17-15(23)11-8-12(24-19-11)16(3,4)5/h8H,6-7H2,1-5H3,(H,17,23)(H,21,22). The molecule has 0 fully saturated rings. The highest BCUT2D eigenvalue weighted by Gasteiger charge is 2.23. The van der Waals surface area contributed by atoms with Crippen LogP contribution in [-0.4, -0.2) is 31.9 Å². The topological polar surface area (TPSA) is 110 Å². The Morgan fingerprint density at radius 3 is 2.54 bits per heavy atom. The Labute approximate surface area is 139 Å². The fraction of sp³-hybridized carbons (Fsp3) is 0.500. The van der Waals surface area contributed by atoms with Crippen molar-refractivity contribution in [2.75, 3.05) is 5.32 Å². The van der Waals surface area contributed by atoms with E-state index in [1.165, 1.54) is 0 Å². The van der Waals surface area contributed by atoms with E-state index in [1.54, 1.807) is 24.6 Å². The van der Waals surface area contributed by atoms with Gasteiger partial charge in [-0.25, -0.2) is 0 Å². The summed E-state index contributed by atoms with van der Waals surface area (Å²) in [6.45, 7) is 9.68. The second kappa shape index (κ2) is 6.46. The Hall–Kier alpha value is -2.64. The number of aromatic nitrogens is 3. The molecule has 8 nitrogen and oxygen atoms in total. The van der Waals surface area contributed by atoms with Crippen LogP contribution in [0.1, 0.15) is 54.8 Å². The zero-order chi connectivity index (χ0) is 18.1. The minimum absolute atomic E-state index is 0.0342. The summed E-state index contributed by atoms with van der Waals surface area (Å²) in [7, 11) is 0. The third-order valence-electron chi connectivity index (χ3n) is 3.64. The zero-order valence-electron chi connectivity index (χ0n) is 14.5. The van der Waals surface area contributed by atoms with Gasteiger partial charge in [-0.3, -0.25) is 14.3 Å². The number of carboxylic acids is 1. The molecule has 2 rings (SSSR count). The van der Waals surface area contributed by atoms with Gasteiger partial charge in [0.2, 0.25) is 0 Å². The van der Waals surface area contributed by atoms with Crippen LogP contribution in [-0.2, 0) is 16.8 Å². The molecule has 0 saturated carbocycles. The Kier molecular flexibility index (Phi) is 4.77. The van der Waals surface area contributed by atoms with Gasteiger partial charge in [0.05, 0.1) is 30.0 Å². The number of carbonyl (C=O) groups excluding carboxylic acids is 1. The van der Waals surface area contributed by atoms with E-state index < -0.39 is 11.9 Å².